The van der Waals surface area contributed by atoms with Crippen LogP contribution in [0.3, 0.4) is 0 Å². The summed E-state index contributed by atoms with van der Waals surface area (Å²) in [5, 5.41) is 3.36. The predicted octanol–water partition coefficient (Wildman–Crippen LogP) is 3.66. The fraction of sp³-hybridized carbons (Fsp3) is 0.357. The Morgan fingerprint density at radius 1 is 1.30 bits per heavy atom. The molecule has 0 aromatic carbocycles. The van der Waals surface area contributed by atoms with E-state index >= 15 is 0 Å². The van der Waals surface area contributed by atoms with E-state index in [2.05, 4.69) is 79.5 Å². The molecule has 0 saturated heterocycles. The summed E-state index contributed by atoms with van der Waals surface area (Å²) in [6.07, 6.45) is 10.4. The molecule has 0 bridgehead atoms. The minimum absolute atomic E-state index is 0.326. The van der Waals surface area contributed by atoms with Gasteiger partial charge >= 0.3 is 0 Å². The van der Waals surface area contributed by atoms with E-state index in [0.29, 0.717) is 6.04 Å². The minimum atomic E-state index is 0.326. The Hall–Kier alpha value is -1.44. The lowest BCUT2D eigenvalue weighted by molar-refractivity contribution is 0.612. The molecule has 1 aliphatic carbocycles. The number of imidazole rings is 1. The maximum atomic E-state index is 4.51. The Bertz CT molecular complexity index is 699. The molecule has 0 atom stereocenters. The summed E-state index contributed by atoms with van der Waals surface area (Å²) in [6.45, 7) is 4.24. The van der Waals surface area contributed by atoms with Gasteiger partial charge in [-0.15, -0.1) is 0 Å². The van der Waals surface area contributed by atoms with Gasteiger partial charge in [0.25, 0.3) is 0 Å². The summed E-state index contributed by atoms with van der Waals surface area (Å²) in [6, 6.07) is 0.326. The van der Waals surface area contributed by atoms with Gasteiger partial charge in [-0.2, -0.15) is 0 Å². The second-order valence-electron chi connectivity index (χ2n) is 5.02. The van der Waals surface area contributed by atoms with E-state index in [4.69, 9.17) is 0 Å². The molecule has 20 heavy (non-hydrogen) atoms. The van der Waals surface area contributed by atoms with Crippen molar-refractivity contribution in [2.45, 2.75) is 32.7 Å². The highest BCUT2D eigenvalue weighted by Crippen LogP contribution is 2.24. The molecule has 6 heteroatoms. The minimum Gasteiger partial charge on any atom is -0.339 e. The Morgan fingerprint density at radius 2 is 2.15 bits per heavy atom. The van der Waals surface area contributed by atoms with E-state index < -0.39 is 0 Å². The van der Waals surface area contributed by atoms with E-state index in [1.807, 2.05) is 6.33 Å². The molecule has 1 N–H and O–H groups in total. The second kappa shape index (κ2) is 5.51. The number of rotatable bonds is 3. The monoisotopic (exact) mass is 381 g/mol. The Balaban J connectivity index is 2.06. The first kappa shape index (κ1) is 13.5. The highest BCUT2D eigenvalue weighted by molar-refractivity contribution is 14.1. The average molecular weight is 381 g/mol. The molecule has 0 spiro atoms. The molecule has 0 radical (unpaired) electrons. The average Bonchev–Trinajstić information content (AvgIpc) is 2.83. The molecule has 1 aliphatic rings. The molecule has 5 nitrogen and oxygen atoms in total. The normalized spacial score (nSPS) is 14.9. The predicted molar refractivity (Wildman–Crippen MR) is 88.5 cm³/mol. The van der Waals surface area contributed by atoms with Gasteiger partial charge in [0.2, 0.25) is 0 Å². The van der Waals surface area contributed by atoms with Gasteiger partial charge < -0.3 is 9.88 Å². The van der Waals surface area contributed by atoms with Gasteiger partial charge in [-0.25, -0.2) is 15.0 Å². The standard InChI is InChI=1S/C14H16IN5/c1-9(2)20-8-16-11-12(18-14(15)19-13(11)20)17-10-6-4-3-5-7-10/h4,6-9H,3,5H2,1-2H3,(H,17,18,19). The first-order valence-electron chi connectivity index (χ1n) is 6.69. The molecule has 0 aliphatic heterocycles. The zero-order chi connectivity index (χ0) is 14.1. The summed E-state index contributed by atoms with van der Waals surface area (Å²) in [7, 11) is 0. The van der Waals surface area contributed by atoms with Gasteiger partial charge in [0.05, 0.1) is 6.33 Å². The summed E-state index contributed by atoms with van der Waals surface area (Å²) < 4.78 is 2.79. The fourth-order valence-electron chi connectivity index (χ4n) is 2.20. The molecule has 0 amide bonds. The SMILES string of the molecule is CC(C)n1cnc2c(NC3=CCCC=C3)nc(I)nc21. The lowest BCUT2D eigenvalue weighted by Crippen LogP contribution is -2.06. The maximum absolute atomic E-state index is 4.51. The summed E-state index contributed by atoms with van der Waals surface area (Å²) in [4.78, 5) is 13.5. The number of nitrogens with zero attached hydrogens (tertiary/aromatic N) is 4. The van der Waals surface area contributed by atoms with Gasteiger partial charge in [-0.05, 0) is 32.8 Å². The number of fused-ring (bicyclic) bond motifs is 1. The molecule has 0 fully saturated rings. The third kappa shape index (κ3) is 2.56. The number of anilines is 1. The van der Waals surface area contributed by atoms with Crippen molar-refractivity contribution in [2.75, 3.05) is 5.32 Å². The quantitative estimate of drug-likeness (QED) is 0.652. The first-order valence-corrected chi connectivity index (χ1v) is 7.77. The zero-order valence-electron chi connectivity index (χ0n) is 11.5. The third-order valence-electron chi connectivity index (χ3n) is 3.21. The number of nitrogens with one attached hydrogen (secondary N) is 1. The first-order chi connectivity index (χ1) is 9.65. The molecular formula is C14H16IN5. The van der Waals surface area contributed by atoms with Crippen LogP contribution < -0.4 is 5.32 Å². The summed E-state index contributed by atoms with van der Waals surface area (Å²) in [5.41, 5.74) is 2.77. The number of halogens is 1. The van der Waals surface area contributed by atoms with Crippen molar-refractivity contribution < 1.29 is 0 Å². The molecule has 2 heterocycles. The van der Waals surface area contributed by atoms with Crippen molar-refractivity contribution in [3.8, 4) is 0 Å². The van der Waals surface area contributed by atoms with E-state index in [0.717, 1.165) is 39.4 Å². The topological polar surface area (TPSA) is 55.6 Å². The molecule has 2 aromatic heterocycles. The Labute approximate surface area is 131 Å². The number of allylic oxidation sites excluding steroid dienone is 3. The largest absolute Gasteiger partial charge is 0.339 e. The Kier molecular flexibility index (Phi) is 3.73. The van der Waals surface area contributed by atoms with E-state index in [1.54, 1.807) is 0 Å². The smallest absolute Gasteiger partial charge is 0.194 e. The van der Waals surface area contributed by atoms with E-state index in [1.165, 1.54) is 0 Å². The molecular weight excluding hydrogens is 365 g/mol. The van der Waals surface area contributed by atoms with Gasteiger partial charge in [0.15, 0.2) is 20.8 Å². The van der Waals surface area contributed by atoms with Crippen LogP contribution in [-0.4, -0.2) is 19.5 Å². The number of hydrogen-bond donors (Lipinski definition) is 1. The van der Waals surface area contributed by atoms with Crippen molar-refractivity contribution in [2.24, 2.45) is 0 Å². The molecule has 0 unspecified atom stereocenters. The van der Waals surface area contributed by atoms with Crippen LogP contribution in [0.2, 0.25) is 0 Å². The van der Waals surface area contributed by atoms with Gasteiger partial charge in [-0.1, -0.05) is 12.2 Å². The van der Waals surface area contributed by atoms with Crippen molar-refractivity contribution in [1.29, 1.82) is 0 Å². The van der Waals surface area contributed by atoms with Crippen LogP contribution in [0.25, 0.3) is 11.2 Å². The maximum Gasteiger partial charge on any atom is 0.194 e. The molecule has 3 rings (SSSR count). The van der Waals surface area contributed by atoms with Crippen LogP contribution in [-0.2, 0) is 0 Å². The lowest BCUT2D eigenvalue weighted by Gasteiger charge is -2.11. The molecule has 2 aromatic rings. The zero-order valence-corrected chi connectivity index (χ0v) is 13.6. The Morgan fingerprint density at radius 3 is 2.85 bits per heavy atom. The van der Waals surface area contributed by atoms with Gasteiger partial charge in [0.1, 0.15) is 0 Å². The highest BCUT2D eigenvalue weighted by atomic mass is 127. The summed E-state index contributed by atoms with van der Waals surface area (Å²) >= 11 is 2.14. The van der Waals surface area contributed by atoms with Crippen molar-refractivity contribution in [1.82, 2.24) is 19.5 Å². The van der Waals surface area contributed by atoms with E-state index in [-0.39, 0.29) is 0 Å². The molecule has 0 saturated carbocycles. The number of aromatic nitrogens is 4. The lowest BCUT2D eigenvalue weighted by atomic mass is 10.1. The summed E-state index contributed by atoms with van der Waals surface area (Å²) in [5.74, 6) is 0.775. The second-order valence-corrected chi connectivity index (χ2v) is 5.99. The van der Waals surface area contributed by atoms with Crippen LogP contribution >= 0.6 is 22.6 Å². The van der Waals surface area contributed by atoms with Crippen LogP contribution in [0.1, 0.15) is 32.7 Å². The van der Waals surface area contributed by atoms with Crippen molar-refractivity contribution in [3.05, 3.63) is 34.1 Å². The fourth-order valence-corrected chi connectivity index (χ4v) is 2.67. The van der Waals surface area contributed by atoms with Gasteiger partial charge in [0, 0.05) is 34.3 Å². The van der Waals surface area contributed by atoms with Crippen LogP contribution in [0, 0.1) is 3.83 Å². The van der Waals surface area contributed by atoms with Crippen molar-refractivity contribution in [3.63, 3.8) is 0 Å². The molecule has 104 valence electrons. The van der Waals surface area contributed by atoms with Crippen LogP contribution in [0.15, 0.2) is 30.3 Å². The van der Waals surface area contributed by atoms with Gasteiger partial charge in [-0.3, -0.25) is 0 Å². The van der Waals surface area contributed by atoms with E-state index in [9.17, 15) is 0 Å². The van der Waals surface area contributed by atoms with Crippen LogP contribution in [0.4, 0.5) is 5.82 Å². The highest BCUT2D eigenvalue weighted by Gasteiger charge is 2.14. The van der Waals surface area contributed by atoms with Crippen LogP contribution in [0.5, 0.6) is 0 Å². The third-order valence-corrected chi connectivity index (χ3v) is 3.69. The van der Waals surface area contributed by atoms with Crippen molar-refractivity contribution >= 4 is 39.6 Å². The number of hydrogen-bond acceptors (Lipinski definition) is 4.